The van der Waals surface area contributed by atoms with Crippen LogP contribution in [0.15, 0.2) is 40.6 Å². The summed E-state index contributed by atoms with van der Waals surface area (Å²) in [7, 11) is -2.70. The standard InChI is InChI=1S/C13H11ClN2O5S2/c1-21-13(18)9-2-4-10(5-3-9)16(8-17)15-23(19,20)12-7-6-11(14)22-12/h2-8,15H,1H3. The average molecular weight is 375 g/mol. The lowest BCUT2D eigenvalue weighted by Gasteiger charge is -2.18. The van der Waals surface area contributed by atoms with E-state index >= 15 is 0 Å². The number of hydrazine groups is 1. The first-order valence-electron chi connectivity index (χ1n) is 6.08. The molecule has 0 unspecified atom stereocenters. The smallest absolute Gasteiger partial charge is 0.337 e. The molecule has 1 aromatic heterocycles. The molecule has 0 bridgehead atoms. The number of nitrogens with one attached hydrogen (secondary N) is 1. The van der Waals surface area contributed by atoms with Gasteiger partial charge in [0, 0.05) is 0 Å². The number of benzene rings is 1. The molecule has 1 aromatic carbocycles. The number of halogens is 1. The Morgan fingerprint density at radius 2 is 1.91 bits per heavy atom. The molecule has 0 radical (unpaired) electrons. The second kappa shape index (κ2) is 7.09. The van der Waals surface area contributed by atoms with E-state index in [1.807, 2.05) is 0 Å². The van der Waals surface area contributed by atoms with Gasteiger partial charge in [-0.25, -0.2) is 18.2 Å². The molecule has 1 N–H and O–H groups in total. The normalized spacial score (nSPS) is 11.0. The van der Waals surface area contributed by atoms with Crippen LogP contribution < -0.4 is 9.84 Å². The van der Waals surface area contributed by atoms with Crippen molar-refractivity contribution in [3.05, 3.63) is 46.3 Å². The summed E-state index contributed by atoms with van der Waals surface area (Å²) in [6.45, 7) is 0. The average Bonchev–Trinajstić information content (AvgIpc) is 2.99. The Morgan fingerprint density at radius 1 is 1.26 bits per heavy atom. The molecule has 122 valence electrons. The Kier molecular flexibility index (Phi) is 5.37. The van der Waals surface area contributed by atoms with Crippen LogP contribution in [0.3, 0.4) is 0 Å². The minimum Gasteiger partial charge on any atom is -0.465 e. The molecular weight excluding hydrogens is 364 g/mol. The first kappa shape index (κ1) is 17.4. The van der Waals surface area contributed by atoms with Gasteiger partial charge in [0.15, 0.2) is 0 Å². The van der Waals surface area contributed by atoms with E-state index in [0.29, 0.717) is 10.7 Å². The lowest BCUT2D eigenvalue weighted by atomic mass is 10.2. The fraction of sp³-hybridized carbons (Fsp3) is 0.0769. The van der Waals surface area contributed by atoms with E-state index < -0.39 is 16.0 Å². The molecule has 0 aliphatic heterocycles. The summed E-state index contributed by atoms with van der Waals surface area (Å²) in [5, 5.41) is 0.782. The van der Waals surface area contributed by atoms with Gasteiger partial charge in [0.25, 0.3) is 10.0 Å². The predicted octanol–water partition coefficient (Wildman–Crippen LogP) is 2.04. The number of hydrogen-bond donors (Lipinski definition) is 1. The van der Waals surface area contributed by atoms with Crippen molar-refractivity contribution in [3.63, 3.8) is 0 Å². The number of carbonyl (C=O) groups is 2. The molecular formula is C13H11ClN2O5S2. The molecule has 1 amide bonds. The molecule has 0 saturated carbocycles. The largest absolute Gasteiger partial charge is 0.465 e. The van der Waals surface area contributed by atoms with Crippen LogP contribution in [0.25, 0.3) is 0 Å². The molecule has 23 heavy (non-hydrogen) atoms. The number of thiophene rings is 1. The highest BCUT2D eigenvalue weighted by Gasteiger charge is 2.21. The van der Waals surface area contributed by atoms with Gasteiger partial charge in [-0.3, -0.25) is 4.79 Å². The molecule has 10 heteroatoms. The second-order valence-corrected chi connectivity index (χ2v) is 7.77. The molecule has 0 fully saturated rings. The zero-order valence-corrected chi connectivity index (χ0v) is 14.1. The van der Waals surface area contributed by atoms with Gasteiger partial charge in [0.05, 0.1) is 22.7 Å². The number of hydrogen-bond acceptors (Lipinski definition) is 6. The van der Waals surface area contributed by atoms with Gasteiger partial charge >= 0.3 is 5.97 Å². The Labute approximate surface area is 141 Å². The fourth-order valence-electron chi connectivity index (χ4n) is 1.63. The maximum Gasteiger partial charge on any atom is 0.337 e. The predicted molar refractivity (Wildman–Crippen MR) is 86.0 cm³/mol. The van der Waals surface area contributed by atoms with E-state index in [9.17, 15) is 18.0 Å². The van der Waals surface area contributed by atoms with Crippen molar-refractivity contribution in [2.75, 3.05) is 12.1 Å². The van der Waals surface area contributed by atoms with E-state index in [0.717, 1.165) is 16.3 Å². The van der Waals surface area contributed by atoms with E-state index in [2.05, 4.69) is 9.57 Å². The molecule has 0 aliphatic carbocycles. The van der Waals surface area contributed by atoms with Crippen LogP contribution in [0.2, 0.25) is 4.34 Å². The number of esters is 1. The van der Waals surface area contributed by atoms with Gasteiger partial charge < -0.3 is 4.74 Å². The van der Waals surface area contributed by atoms with Crippen LogP contribution >= 0.6 is 22.9 Å². The van der Waals surface area contributed by atoms with Gasteiger partial charge in [-0.2, -0.15) is 0 Å². The second-order valence-electron chi connectivity index (χ2n) is 4.17. The van der Waals surface area contributed by atoms with Crippen molar-refractivity contribution in [2.45, 2.75) is 4.21 Å². The number of methoxy groups -OCH3 is 1. The first-order valence-corrected chi connectivity index (χ1v) is 8.76. The lowest BCUT2D eigenvalue weighted by Crippen LogP contribution is -2.41. The van der Waals surface area contributed by atoms with Crippen molar-refractivity contribution >= 4 is 51.0 Å². The summed E-state index contributed by atoms with van der Waals surface area (Å²) in [6.07, 6.45) is 0.305. The fourth-order valence-corrected chi connectivity index (χ4v) is 4.11. The van der Waals surface area contributed by atoms with Crippen LogP contribution in [-0.2, 0) is 19.6 Å². The summed E-state index contributed by atoms with van der Waals surface area (Å²) in [6, 6.07) is 8.41. The van der Waals surface area contributed by atoms with Gasteiger partial charge in [0.2, 0.25) is 6.41 Å². The Hall–Kier alpha value is -1.94. The van der Waals surface area contributed by atoms with Crippen LogP contribution in [-0.4, -0.2) is 27.9 Å². The summed E-state index contributed by atoms with van der Waals surface area (Å²) in [4.78, 5) is 24.7. The van der Waals surface area contributed by atoms with Crippen LogP contribution in [0.1, 0.15) is 10.4 Å². The van der Waals surface area contributed by atoms with Crippen molar-refractivity contribution in [1.29, 1.82) is 0 Å². The van der Waals surface area contributed by atoms with Crippen molar-refractivity contribution in [2.24, 2.45) is 0 Å². The van der Waals surface area contributed by atoms with Crippen molar-refractivity contribution < 1.29 is 22.7 Å². The molecule has 0 spiro atoms. The molecule has 2 rings (SSSR count). The SMILES string of the molecule is COC(=O)c1ccc(N(C=O)NS(=O)(=O)c2ccc(Cl)s2)cc1. The third-order valence-corrected chi connectivity index (χ3v) is 5.74. The highest BCUT2D eigenvalue weighted by molar-refractivity contribution is 7.91. The number of amides is 1. The molecule has 0 aliphatic rings. The van der Waals surface area contributed by atoms with Crippen LogP contribution in [0.5, 0.6) is 0 Å². The highest BCUT2D eigenvalue weighted by atomic mass is 35.5. The Bertz CT molecular complexity index is 817. The minimum atomic E-state index is -3.94. The van der Waals surface area contributed by atoms with Gasteiger partial charge in [0.1, 0.15) is 4.21 Å². The third-order valence-electron chi connectivity index (χ3n) is 2.70. The van der Waals surface area contributed by atoms with E-state index in [1.54, 1.807) is 0 Å². The molecule has 1 heterocycles. The Balaban J connectivity index is 2.23. The lowest BCUT2D eigenvalue weighted by molar-refractivity contribution is -0.107. The van der Waals surface area contributed by atoms with E-state index in [-0.39, 0.29) is 15.5 Å². The van der Waals surface area contributed by atoms with Gasteiger partial charge in [-0.15, -0.1) is 16.2 Å². The number of anilines is 1. The third kappa shape index (κ3) is 4.08. The number of ether oxygens (including phenoxy) is 1. The number of nitrogens with zero attached hydrogens (tertiary/aromatic N) is 1. The number of sulfonamides is 1. The zero-order valence-electron chi connectivity index (χ0n) is 11.7. The Morgan fingerprint density at radius 3 is 2.39 bits per heavy atom. The van der Waals surface area contributed by atoms with Crippen molar-refractivity contribution in [1.82, 2.24) is 4.83 Å². The van der Waals surface area contributed by atoms with Gasteiger partial charge in [-0.1, -0.05) is 11.6 Å². The topological polar surface area (TPSA) is 92.8 Å². The quantitative estimate of drug-likeness (QED) is 0.474. The number of carbonyl (C=O) groups excluding carboxylic acids is 2. The zero-order chi connectivity index (χ0) is 17.0. The molecule has 0 atom stereocenters. The van der Waals surface area contributed by atoms with E-state index in [4.69, 9.17) is 11.6 Å². The van der Waals surface area contributed by atoms with Crippen LogP contribution in [0.4, 0.5) is 5.69 Å². The number of rotatable bonds is 6. The summed E-state index contributed by atoms with van der Waals surface area (Å²) in [5.74, 6) is -0.539. The maximum absolute atomic E-state index is 12.2. The van der Waals surface area contributed by atoms with Crippen LogP contribution in [0, 0.1) is 0 Å². The highest BCUT2D eigenvalue weighted by Crippen LogP contribution is 2.26. The first-order chi connectivity index (χ1) is 10.9. The van der Waals surface area contributed by atoms with Gasteiger partial charge in [-0.05, 0) is 36.4 Å². The van der Waals surface area contributed by atoms with E-state index in [1.165, 1.54) is 43.5 Å². The minimum absolute atomic E-state index is 0.0273. The summed E-state index contributed by atoms with van der Waals surface area (Å²) >= 11 is 6.58. The molecule has 2 aromatic rings. The monoisotopic (exact) mass is 374 g/mol. The molecule has 0 saturated heterocycles. The van der Waals surface area contributed by atoms with Crippen molar-refractivity contribution in [3.8, 4) is 0 Å². The maximum atomic E-state index is 12.2. The summed E-state index contributed by atoms with van der Waals surface area (Å²) < 4.78 is 29.2. The summed E-state index contributed by atoms with van der Waals surface area (Å²) in [5.41, 5.74) is 0.508. The molecule has 7 nitrogen and oxygen atoms in total.